The Morgan fingerprint density at radius 3 is 1.05 bits per heavy atom. The van der Waals surface area contributed by atoms with Crippen LogP contribution in [0.15, 0.2) is 0 Å². The van der Waals surface area contributed by atoms with Gasteiger partial charge in [-0.15, -0.1) is 0 Å². The Kier molecular flexibility index (Phi) is 5.90. The van der Waals surface area contributed by atoms with Crippen LogP contribution in [-0.2, 0) is 34.2 Å². The molecule has 0 amide bonds. The number of hydrogen-bond donors (Lipinski definition) is 0. The highest BCUT2D eigenvalue weighted by Gasteiger charge is 2.64. The van der Waals surface area contributed by atoms with Crippen molar-refractivity contribution in [2.75, 3.05) is 28.4 Å². The molecule has 1 aliphatic rings. The molecule has 12 heteroatoms. The molecular weight excluding hydrogens is 336 g/mol. The van der Waals surface area contributed by atoms with E-state index in [1.54, 1.807) is 0 Å². The van der Waals surface area contributed by atoms with Gasteiger partial charge in [-0.3, -0.25) is 0 Å². The van der Waals surface area contributed by atoms with Crippen LogP contribution in [0.1, 0.15) is 0 Å². The first-order chi connectivity index (χ1) is 9.07. The van der Waals surface area contributed by atoms with Gasteiger partial charge in [0, 0.05) is 28.4 Å². The third-order valence-corrected chi connectivity index (χ3v) is 16.3. The van der Waals surface area contributed by atoms with Crippen molar-refractivity contribution in [2.24, 2.45) is 0 Å². The summed E-state index contributed by atoms with van der Waals surface area (Å²) < 4.78 is 45.4. The Morgan fingerprint density at radius 1 is 0.500 bits per heavy atom. The van der Waals surface area contributed by atoms with Gasteiger partial charge in [-0.2, -0.15) is 0 Å². The van der Waals surface area contributed by atoms with Crippen LogP contribution in [0.25, 0.3) is 0 Å². The summed E-state index contributed by atoms with van der Waals surface area (Å²) >= 11 is 0. The second-order valence-electron chi connectivity index (χ2n) is 5.02. The molecule has 120 valence electrons. The van der Waals surface area contributed by atoms with Crippen LogP contribution < -0.4 is 0 Å². The molecule has 1 saturated heterocycles. The van der Waals surface area contributed by atoms with Gasteiger partial charge in [0.05, 0.1) is 0 Å². The first kappa shape index (κ1) is 18.6. The smallest absolute Gasteiger partial charge is 0.416 e. The fraction of sp³-hybridized carbons (Fsp3) is 1.00. The molecule has 1 fully saturated rings. The monoisotopic (exact) mass is 360 g/mol. The standard InChI is InChI=1S/C8H24O8Si4/c1-9-19(10-2)14-17(5,6)13-18(7,8)15-20(11-3,12-4)16-19/h1-8H3. The first-order valence-electron chi connectivity index (χ1n) is 6.08. The maximum Gasteiger partial charge on any atom is 0.664 e. The average molecular weight is 361 g/mol. The Labute approximate surface area is 124 Å². The second-order valence-corrected chi connectivity index (χ2v) is 17.5. The molecular formula is C8H24O8Si4. The van der Waals surface area contributed by atoms with Crippen molar-refractivity contribution in [3.05, 3.63) is 0 Å². The lowest BCUT2D eigenvalue weighted by molar-refractivity contribution is -0.0147. The molecule has 8 nitrogen and oxygen atoms in total. The van der Waals surface area contributed by atoms with Crippen LogP contribution in [0, 0.1) is 0 Å². The van der Waals surface area contributed by atoms with Gasteiger partial charge < -0.3 is 34.2 Å². The van der Waals surface area contributed by atoms with Crippen LogP contribution in [0.3, 0.4) is 0 Å². The van der Waals surface area contributed by atoms with Crippen molar-refractivity contribution in [2.45, 2.75) is 26.2 Å². The topological polar surface area (TPSA) is 73.8 Å². The molecule has 1 rings (SSSR count). The summed E-state index contributed by atoms with van der Waals surface area (Å²) in [6, 6.07) is 0. The Bertz CT molecular complexity index is 300. The van der Waals surface area contributed by atoms with E-state index in [4.69, 9.17) is 34.2 Å². The van der Waals surface area contributed by atoms with Gasteiger partial charge in [0.2, 0.25) is 0 Å². The van der Waals surface area contributed by atoms with Gasteiger partial charge in [0.1, 0.15) is 0 Å². The van der Waals surface area contributed by atoms with Gasteiger partial charge in [0.15, 0.2) is 0 Å². The summed E-state index contributed by atoms with van der Waals surface area (Å²) in [6.45, 7) is 7.57. The van der Waals surface area contributed by atoms with Gasteiger partial charge in [-0.1, -0.05) is 0 Å². The maximum absolute atomic E-state index is 6.09. The SMILES string of the molecule is CO[Si]1(OC)O[Si](C)(C)O[Si](C)(C)O[Si](OC)(OC)O1. The quantitative estimate of drug-likeness (QED) is 0.686. The van der Waals surface area contributed by atoms with Crippen LogP contribution >= 0.6 is 0 Å². The lowest BCUT2D eigenvalue weighted by atomic mass is 11.8. The predicted octanol–water partition coefficient (Wildman–Crippen LogP) is 0.927. The molecule has 0 aliphatic carbocycles. The third kappa shape index (κ3) is 4.28. The minimum atomic E-state index is -3.44. The van der Waals surface area contributed by atoms with Crippen molar-refractivity contribution in [1.82, 2.24) is 0 Å². The Hall–Kier alpha value is 0.548. The molecule has 0 spiro atoms. The zero-order chi connectivity index (χ0) is 15.7. The zero-order valence-corrected chi connectivity index (χ0v) is 17.3. The molecule has 0 bridgehead atoms. The first-order valence-corrected chi connectivity index (χ1v) is 15.0. The van der Waals surface area contributed by atoms with Crippen molar-refractivity contribution >= 4 is 35.2 Å². The van der Waals surface area contributed by atoms with Crippen LogP contribution in [0.2, 0.25) is 26.2 Å². The van der Waals surface area contributed by atoms with Crippen LogP contribution in [-0.4, -0.2) is 63.7 Å². The Morgan fingerprint density at radius 2 is 0.800 bits per heavy atom. The second kappa shape index (κ2) is 6.35. The van der Waals surface area contributed by atoms with E-state index in [-0.39, 0.29) is 0 Å². The average Bonchev–Trinajstić information content (AvgIpc) is 2.33. The molecule has 1 heterocycles. The molecule has 0 aromatic carbocycles. The molecule has 0 saturated carbocycles. The van der Waals surface area contributed by atoms with E-state index in [1.807, 2.05) is 26.2 Å². The van der Waals surface area contributed by atoms with Crippen molar-refractivity contribution < 1.29 is 34.2 Å². The van der Waals surface area contributed by atoms with E-state index in [1.165, 1.54) is 28.4 Å². The number of hydrogen-bond acceptors (Lipinski definition) is 8. The summed E-state index contributed by atoms with van der Waals surface area (Å²) in [5.74, 6) is 0. The highest BCUT2D eigenvalue weighted by atomic mass is 28.6. The van der Waals surface area contributed by atoms with E-state index in [0.717, 1.165) is 0 Å². The summed E-state index contributed by atoms with van der Waals surface area (Å²) in [7, 11) is -6.15. The van der Waals surface area contributed by atoms with Crippen LogP contribution in [0.4, 0.5) is 0 Å². The lowest BCUT2D eigenvalue weighted by Crippen LogP contribution is -2.70. The maximum atomic E-state index is 6.09. The highest BCUT2D eigenvalue weighted by molar-refractivity contribution is 6.88. The summed E-state index contributed by atoms with van der Waals surface area (Å²) in [6.07, 6.45) is 0. The fourth-order valence-electron chi connectivity index (χ4n) is 1.93. The van der Waals surface area contributed by atoms with E-state index < -0.39 is 35.2 Å². The largest absolute Gasteiger partial charge is 0.664 e. The molecule has 20 heavy (non-hydrogen) atoms. The lowest BCUT2D eigenvalue weighted by Gasteiger charge is -2.44. The van der Waals surface area contributed by atoms with E-state index in [9.17, 15) is 0 Å². The predicted molar refractivity (Wildman–Crippen MR) is 78.8 cm³/mol. The van der Waals surface area contributed by atoms with Gasteiger partial charge in [0.25, 0.3) is 0 Å². The van der Waals surface area contributed by atoms with E-state index in [2.05, 4.69) is 0 Å². The van der Waals surface area contributed by atoms with Crippen molar-refractivity contribution in [1.29, 1.82) is 0 Å². The van der Waals surface area contributed by atoms with Gasteiger partial charge in [-0.05, 0) is 26.2 Å². The molecule has 0 unspecified atom stereocenters. The van der Waals surface area contributed by atoms with Crippen LogP contribution in [0.5, 0.6) is 0 Å². The molecule has 0 aromatic heterocycles. The minimum absolute atomic E-state index is 1.45. The molecule has 0 aromatic rings. The van der Waals surface area contributed by atoms with Gasteiger partial charge >= 0.3 is 35.2 Å². The van der Waals surface area contributed by atoms with Gasteiger partial charge in [-0.25, -0.2) is 0 Å². The summed E-state index contributed by atoms with van der Waals surface area (Å²) in [5.41, 5.74) is 0. The normalized spacial score (nSPS) is 27.6. The van der Waals surface area contributed by atoms with E-state index >= 15 is 0 Å². The van der Waals surface area contributed by atoms with Crippen molar-refractivity contribution in [3.8, 4) is 0 Å². The fourth-order valence-corrected chi connectivity index (χ4v) is 17.9. The molecule has 0 atom stereocenters. The highest BCUT2D eigenvalue weighted by Crippen LogP contribution is 2.31. The molecule has 1 aliphatic heterocycles. The summed E-state index contributed by atoms with van der Waals surface area (Å²) in [4.78, 5) is 0. The summed E-state index contributed by atoms with van der Waals surface area (Å²) in [5, 5.41) is 0. The van der Waals surface area contributed by atoms with E-state index in [0.29, 0.717) is 0 Å². The molecule has 0 radical (unpaired) electrons. The molecule has 0 N–H and O–H groups in total. The van der Waals surface area contributed by atoms with Crippen molar-refractivity contribution in [3.63, 3.8) is 0 Å². The zero-order valence-electron chi connectivity index (χ0n) is 13.3. The third-order valence-electron chi connectivity index (χ3n) is 2.48. The number of rotatable bonds is 4. The minimum Gasteiger partial charge on any atom is -0.416 e. The Balaban J connectivity index is 3.21.